The lowest BCUT2D eigenvalue weighted by molar-refractivity contribution is 0.0914. The topological polar surface area (TPSA) is 78.5 Å². The summed E-state index contributed by atoms with van der Waals surface area (Å²) in [5.41, 5.74) is 0.383. The van der Waals surface area contributed by atoms with Crippen LogP contribution in [-0.2, 0) is 10.0 Å². The molecule has 0 bridgehead atoms. The summed E-state index contributed by atoms with van der Waals surface area (Å²) in [6.07, 6.45) is 0.879. The third-order valence-electron chi connectivity index (χ3n) is 4.54. The van der Waals surface area contributed by atoms with Crippen LogP contribution < -0.4 is 10.6 Å². The lowest BCUT2D eigenvalue weighted by Gasteiger charge is -2.30. The molecular weight excluding hydrogens is 362 g/mol. The van der Waals surface area contributed by atoms with Gasteiger partial charge in [-0.1, -0.05) is 26.8 Å². The Kier molecular flexibility index (Phi) is 8.34. The molecule has 25 heavy (non-hydrogen) atoms. The van der Waals surface area contributed by atoms with Crippen molar-refractivity contribution in [2.45, 2.75) is 38.1 Å². The van der Waals surface area contributed by atoms with E-state index in [9.17, 15) is 13.2 Å². The number of benzene rings is 1. The molecule has 1 fully saturated rings. The first-order valence-electron chi connectivity index (χ1n) is 8.52. The highest BCUT2D eigenvalue weighted by molar-refractivity contribution is 7.89. The zero-order chi connectivity index (χ0) is 17.7. The SMILES string of the molecule is CCN(CC)S(=O)(=O)c1cccc(C(=O)NC2CCNCC2C)c1.Cl. The maximum atomic E-state index is 12.6. The molecule has 142 valence electrons. The average Bonchev–Trinajstić information content (AvgIpc) is 2.58. The lowest BCUT2D eigenvalue weighted by atomic mass is 9.95. The van der Waals surface area contributed by atoms with Gasteiger partial charge in [-0.25, -0.2) is 8.42 Å². The van der Waals surface area contributed by atoms with Crippen LogP contribution in [0.25, 0.3) is 0 Å². The number of nitrogens with zero attached hydrogens (tertiary/aromatic N) is 1. The monoisotopic (exact) mass is 389 g/mol. The molecule has 1 aromatic rings. The van der Waals surface area contributed by atoms with Crippen LogP contribution >= 0.6 is 12.4 Å². The van der Waals surface area contributed by atoms with Gasteiger partial charge in [0, 0.05) is 24.7 Å². The molecule has 0 aliphatic carbocycles. The van der Waals surface area contributed by atoms with E-state index in [2.05, 4.69) is 17.6 Å². The van der Waals surface area contributed by atoms with Crippen molar-refractivity contribution in [1.82, 2.24) is 14.9 Å². The highest BCUT2D eigenvalue weighted by atomic mass is 35.5. The van der Waals surface area contributed by atoms with Crippen molar-refractivity contribution in [1.29, 1.82) is 0 Å². The molecule has 1 heterocycles. The van der Waals surface area contributed by atoms with Crippen LogP contribution in [0.4, 0.5) is 0 Å². The Morgan fingerprint density at radius 1 is 1.32 bits per heavy atom. The van der Waals surface area contributed by atoms with E-state index in [1.54, 1.807) is 26.0 Å². The smallest absolute Gasteiger partial charge is 0.251 e. The second-order valence-corrected chi connectivity index (χ2v) is 8.11. The minimum Gasteiger partial charge on any atom is -0.349 e. The molecule has 1 saturated heterocycles. The van der Waals surface area contributed by atoms with Gasteiger partial charge in [0.15, 0.2) is 0 Å². The standard InChI is InChI=1S/C17H27N3O3S.ClH/c1-4-20(5-2)24(22,23)15-8-6-7-14(11-15)17(21)19-16-9-10-18-12-13(16)3;/h6-8,11,13,16,18H,4-5,9-10,12H2,1-3H3,(H,19,21);1H. The molecule has 2 atom stereocenters. The van der Waals surface area contributed by atoms with Gasteiger partial charge in [0.25, 0.3) is 5.91 Å². The quantitative estimate of drug-likeness (QED) is 0.778. The fraction of sp³-hybridized carbons (Fsp3) is 0.588. The summed E-state index contributed by atoms with van der Waals surface area (Å²) < 4.78 is 26.6. The number of hydrogen-bond donors (Lipinski definition) is 2. The molecule has 0 spiro atoms. The normalized spacial score (nSPS) is 20.8. The highest BCUT2D eigenvalue weighted by Crippen LogP contribution is 2.18. The summed E-state index contributed by atoms with van der Waals surface area (Å²) in [5, 5.41) is 6.33. The van der Waals surface area contributed by atoms with Gasteiger partial charge in [-0.15, -0.1) is 12.4 Å². The van der Waals surface area contributed by atoms with Gasteiger partial charge in [0.1, 0.15) is 0 Å². The molecule has 6 nitrogen and oxygen atoms in total. The number of carbonyl (C=O) groups is 1. The summed E-state index contributed by atoms with van der Waals surface area (Å²) in [4.78, 5) is 12.7. The first-order chi connectivity index (χ1) is 11.4. The zero-order valence-corrected chi connectivity index (χ0v) is 16.6. The molecule has 2 unspecified atom stereocenters. The fourth-order valence-corrected chi connectivity index (χ4v) is 4.50. The molecular formula is C17H28ClN3O3S. The number of sulfonamides is 1. The Morgan fingerprint density at radius 3 is 2.60 bits per heavy atom. The molecule has 1 amide bonds. The Bertz CT molecular complexity index is 677. The van der Waals surface area contributed by atoms with Gasteiger partial charge in [0.05, 0.1) is 4.90 Å². The van der Waals surface area contributed by atoms with Crippen LogP contribution in [0.2, 0.25) is 0 Å². The van der Waals surface area contributed by atoms with Crippen LogP contribution in [-0.4, -0.2) is 50.9 Å². The molecule has 2 rings (SSSR count). The number of amides is 1. The maximum Gasteiger partial charge on any atom is 0.251 e. The van der Waals surface area contributed by atoms with Crippen molar-refractivity contribution in [3.63, 3.8) is 0 Å². The number of piperidine rings is 1. The predicted octanol–water partition coefficient (Wildman–Crippen LogP) is 1.87. The molecule has 2 N–H and O–H groups in total. The molecule has 1 aliphatic heterocycles. The van der Waals surface area contributed by atoms with Gasteiger partial charge in [-0.2, -0.15) is 4.31 Å². The third-order valence-corrected chi connectivity index (χ3v) is 6.59. The molecule has 8 heteroatoms. The van der Waals surface area contributed by atoms with E-state index in [1.807, 2.05) is 0 Å². The van der Waals surface area contributed by atoms with Crippen LogP contribution in [0.15, 0.2) is 29.2 Å². The number of carbonyl (C=O) groups excluding carboxylic acids is 1. The van der Waals surface area contributed by atoms with E-state index >= 15 is 0 Å². The third kappa shape index (κ3) is 5.17. The maximum absolute atomic E-state index is 12.6. The van der Waals surface area contributed by atoms with E-state index in [0.29, 0.717) is 24.6 Å². The number of hydrogen-bond acceptors (Lipinski definition) is 4. The molecule has 1 aromatic carbocycles. The Morgan fingerprint density at radius 2 is 2.00 bits per heavy atom. The molecule has 0 saturated carbocycles. The summed E-state index contributed by atoms with van der Waals surface area (Å²) in [6, 6.07) is 6.40. The molecule has 1 aliphatic rings. The summed E-state index contributed by atoms with van der Waals surface area (Å²) in [5.74, 6) is 0.135. The van der Waals surface area contributed by atoms with Gasteiger partial charge < -0.3 is 10.6 Å². The minimum atomic E-state index is -3.56. The van der Waals surface area contributed by atoms with Gasteiger partial charge in [-0.3, -0.25) is 4.79 Å². The van der Waals surface area contributed by atoms with E-state index in [0.717, 1.165) is 19.5 Å². The number of nitrogens with one attached hydrogen (secondary N) is 2. The second kappa shape index (κ2) is 9.52. The summed E-state index contributed by atoms with van der Waals surface area (Å²) in [7, 11) is -3.56. The van der Waals surface area contributed by atoms with Crippen molar-refractivity contribution < 1.29 is 13.2 Å². The van der Waals surface area contributed by atoms with Crippen molar-refractivity contribution in [3.05, 3.63) is 29.8 Å². The number of rotatable bonds is 6. The van der Waals surface area contributed by atoms with Gasteiger partial charge in [0.2, 0.25) is 10.0 Å². The van der Waals surface area contributed by atoms with Gasteiger partial charge in [-0.05, 0) is 43.6 Å². The second-order valence-electron chi connectivity index (χ2n) is 6.17. The fourth-order valence-electron chi connectivity index (χ4n) is 2.99. The average molecular weight is 390 g/mol. The van der Waals surface area contributed by atoms with Crippen LogP contribution in [0.3, 0.4) is 0 Å². The Hall–Kier alpha value is -1.15. The highest BCUT2D eigenvalue weighted by Gasteiger charge is 2.25. The summed E-state index contributed by atoms with van der Waals surface area (Å²) >= 11 is 0. The summed E-state index contributed by atoms with van der Waals surface area (Å²) in [6.45, 7) is 8.27. The number of halogens is 1. The van der Waals surface area contributed by atoms with Gasteiger partial charge >= 0.3 is 0 Å². The van der Waals surface area contributed by atoms with E-state index in [4.69, 9.17) is 0 Å². The minimum absolute atomic E-state index is 0. The van der Waals surface area contributed by atoms with Crippen LogP contribution in [0.1, 0.15) is 37.6 Å². The first kappa shape index (κ1) is 21.9. The van der Waals surface area contributed by atoms with E-state index in [1.165, 1.54) is 16.4 Å². The van der Waals surface area contributed by atoms with Crippen LogP contribution in [0.5, 0.6) is 0 Å². The van der Waals surface area contributed by atoms with E-state index < -0.39 is 10.0 Å². The van der Waals surface area contributed by atoms with Crippen molar-refractivity contribution >= 4 is 28.3 Å². The molecule has 0 aromatic heterocycles. The van der Waals surface area contributed by atoms with Crippen molar-refractivity contribution in [2.24, 2.45) is 5.92 Å². The van der Waals surface area contributed by atoms with Crippen molar-refractivity contribution in [2.75, 3.05) is 26.2 Å². The van der Waals surface area contributed by atoms with E-state index in [-0.39, 0.29) is 29.3 Å². The lowest BCUT2D eigenvalue weighted by Crippen LogP contribution is -2.48. The molecule has 0 radical (unpaired) electrons. The first-order valence-corrected chi connectivity index (χ1v) is 9.96. The zero-order valence-electron chi connectivity index (χ0n) is 15.0. The van der Waals surface area contributed by atoms with Crippen molar-refractivity contribution in [3.8, 4) is 0 Å². The van der Waals surface area contributed by atoms with Crippen LogP contribution in [0, 0.1) is 5.92 Å². The Balaban J connectivity index is 0.00000312. The Labute approximate surface area is 156 Å². The predicted molar refractivity (Wildman–Crippen MR) is 102 cm³/mol. The largest absolute Gasteiger partial charge is 0.349 e.